The third kappa shape index (κ3) is 5.08. The quantitative estimate of drug-likeness (QED) is 0.738. The minimum atomic E-state index is -0.387. The zero-order valence-electron chi connectivity index (χ0n) is 12.7. The maximum absolute atomic E-state index is 12.0. The van der Waals surface area contributed by atoms with E-state index in [2.05, 4.69) is 26.6 Å². The van der Waals surface area contributed by atoms with Crippen molar-refractivity contribution in [3.8, 4) is 0 Å². The van der Waals surface area contributed by atoms with E-state index in [1.165, 1.54) is 0 Å². The Bertz CT molecular complexity index is 762. The van der Waals surface area contributed by atoms with Gasteiger partial charge in [0, 0.05) is 20.9 Å². The summed E-state index contributed by atoms with van der Waals surface area (Å²) in [5.41, 5.74) is 3.14. The summed E-state index contributed by atoms with van der Waals surface area (Å²) in [5.74, 6) is -0.759. The van der Waals surface area contributed by atoms with Crippen LogP contribution >= 0.6 is 27.5 Å². The third-order valence-corrected chi connectivity index (χ3v) is 4.36. The molecule has 0 aliphatic rings. The Morgan fingerprint density at radius 2 is 1.70 bits per heavy atom. The molecule has 0 atom stereocenters. The molecule has 4 nitrogen and oxygen atoms in total. The Labute approximate surface area is 148 Å². The number of amides is 2. The third-order valence-electron chi connectivity index (χ3n) is 3.24. The van der Waals surface area contributed by atoms with E-state index < -0.39 is 0 Å². The van der Waals surface area contributed by atoms with Gasteiger partial charge in [0.1, 0.15) is 6.42 Å². The van der Waals surface area contributed by atoms with Crippen LogP contribution < -0.4 is 10.6 Å². The highest BCUT2D eigenvalue weighted by Gasteiger charge is 2.11. The van der Waals surface area contributed by atoms with Crippen molar-refractivity contribution >= 4 is 50.7 Å². The fourth-order valence-electron chi connectivity index (χ4n) is 2.00. The van der Waals surface area contributed by atoms with E-state index in [1.54, 1.807) is 18.2 Å². The number of rotatable bonds is 4. The van der Waals surface area contributed by atoms with Crippen molar-refractivity contribution in [2.45, 2.75) is 20.3 Å². The van der Waals surface area contributed by atoms with Crippen molar-refractivity contribution in [3.63, 3.8) is 0 Å². The van der Waals surface area contributed by atoms with Crippen LogP contribution in [0.3, 0.4) is 0 Å². The first kappa shape index (κ1) is 17.5. The molecule has 0 saturated heterocycles. The predicted molar refractivity (Wildman–Crippen MR) is 96.9 cm³/mol. The number of halogens is 2. The fraction of sp³-hybridized carbons (Fsp3) is 0.176. The van der Waals surface area contributed by atoms with Crippen LogP contribution in [0.2, 0.25) is 5.02 Å². The summed E-state index contributed by atoms with van der Waals surface area (Å²) in [4.78, 5) is 23.9. The maximum Gasteiger partial charge on any atom is 0.233 e. The van der Waals surface area contributed by atoms with Gasteiger partial charge in [0.2, 0.25) is 11.8 Å². The van der Waals surface area contributed by atoms with Crippen LogP contribution in [0.1, 0.15) is 17.5 Å². The summed E-state index contributed by atoms with van der Waals surface area (Å²) in [6.07, 6.45) is -0.263. The van der Waals surface area contributed by atoms with Crippen molar-refractivity contribution in [1.29, 1.82) is 0 Å². The summed E-state index contributed by atoms with van der Waals surface area (Å²) in [6, 6.07) is 10.7. The highest BCUT2D eigenvalue weighted by Crippen LogP contribution is 2.21. The van der Waals surface area contributed by atoms with Gasteiger partial charge < -0.3 is 10.6 Å². The van der Waals surface area contributed by atoms with Crippen molar-refractivity contribution in [2.75, 3.05) is 10.6 Å². The molecule has 2 amide bonds. The molecule has 0 aliphatic heterocycles. The summed E-state index contributed by atoms with van der Waals surface area (Å²) in [5, 5.41) is 5.93. The lowest BCUT2D eigenvalue weighted by Crippen LogP contribution is -2.21. The van der Waals surface area contributed by atoms with Gasteiger partial charge in [-0.2, -0.15) is 0 Å². The number of benzene rings is 2. The van der Waals surface area contributed by atoms with Gasteiger partial charge in [-0.15, -0.1) is 0 Å². The van der Waals surface area contributed by atoms with E-state index in [1.807, 2.05) is 32.0 Å². The number of anilines is 2. The van der Waals surface area contributed by atoms with Crippen molar-refractivity contribution in [1.82, 2.24) is 0 Å². The van der Waals surface area contributed by atoms with Gasteiger partial charge in [0.05, 0.1) is 0 Å². The van der Waals surface area contributed by atoms with Crippen LogP contribution in [0.15, 0.2) is 40.9 Å². The minimum Gasteiger partial charge on any atom is -0.326 e. The first-order valence-electron chi connectivity index (χ1n) is 6.97. The summed E-state index contributed by atoms with van der Waals surface area (Å²) >= 11 is 9.30. The van der Waals surface area contributed by atoms with Gasteiger partial charge in [0.15, 0.2) is 0 Å². The normalized spacial score (nSPS) is 10.3. The molecule has 0 bridgehead atoms. The molecular formula is C17H16BrClN2O2. The second-order valence-electron chi connectivity index (χ2n) is 5.20. The van der Waals surface area contributed by atoms with Gasteiger partial charge in [-0.1, -0.05) is 33.6 Å². The average molecular weight is 396 g/mol. The lowest BCUT2D eigenvalue weighted by Gasteiger charge is -2.10. The number of aryl methyl sites for hydroxylation is 2. The highest BCUT2D eigenvalue weighted by atomic mass is 79.9. The molecule has 2 N–H and O–H groups in total. The summed E-state index contributed by atoms with van der Waals surface area (Å²) in [6.45, 7) is 3.78. The first-order valence-corrected chi connectivity index (χ1v) is 8.14. The van der Waals surface area contributed by atoms with Crippen molar-refractivity contribution < 1.29 is 9.59 Å². The van der Waals surface area contributed by atoms with Gasteiger partial charge in [0.25, 0.3) is 0 Å². The van der Waals surface area contributed by atoms with Crippen LogP contribution in [0.25, 0.3) is 0 Å². The molecule has 2 aromatic carbocycles. The van der Waals surface area contributed by atoms with Crippen molar-refractivity contribution in [3.05, 3.63) is 57.0 Å². The Balaban J connectivity index is 1.95. The molecule has 0 aromatic heterocycles. The van der Waals surface area contributed by atoms with E-state index in [0.717, 1.165) is 15.6 Å². The van der Waals surface area contributed by atoms with Gasteiger partial charge in [-0.25, -0.2) is 0 Å². The van der Waals surface area contributed by atoms with Crippen molar-refractivity contribution in [2.24, 2.45) is 0 Å². The van der Waals surface area contributed by atoms with Crippen LogP contribution in [0.4, 0.5) is 11.4 Å². The Kier molecular flexibility index (Phi) is 5.80. The van der Waals surface area contributed by atoms with Crippen LogP contribution in [0.5, 0.6) is 0 Å². The Morgan fingerprint density at radius 1 is 1.00 bits per heavy atom. The van der Waals surface area contributed by atoms with Gasteiger partial charge >= 0.3 is 0 Å². The number of hydrogen-bond acceptors (Lipinski definition) is 2. The number of hydrogen-bond donors (Lipinski definition) is 2. The lowest BCUT2D eigenvalue weighted by molar-refractivity contribution is -0.123. The van der Waals surface area contributed by atoms with E-state index in [0.29, 0.717) is 16.4 Å². The molecule has 120 valence electrons. The lowest BCUT2D eigenvalue weighted by atomic mass is 10.2. The van der Waals surface area contributed by atoms with E-state index in [4.69, 9.17) is 11.6 Å². The molecule has 0 spiro atoms. The zero-order chi connectivity index (χ0) is 17.0. The SMILES string of the molecule is Cc1cc(NC(=O)CC(=O)Nc2cc(Cl)ccc2C)ccc1Br. The van der Waals surface area contributed by atoms with E-state index >= 15 is 0 Å². The molecule has 0 heterocycles. The Hall–Kier alpha value is -1.85. The molecule has 6 heteroatoms. The smallest absolute Gasteiger partial charge is 0.233 e. The molecule has 2 aromatic rings. The zero-order valence-corrected chi connectivity index (χ0v) is 15.1. The summed E-state index contributed by atoms with van der Waals surface area (Å²) in [7, 11) is 0. The summed E-state index contributed by atoms with van der Waals surface area (Å²) < 4.78 is 0.963. The topological polar surface area (TPSA) is 58.2 Å². The largest absolute Gasteiger partial charge is 0.326 e. The number of nitrogens with one attached hydrogen (secondary N) is 2. The van der Waals surface area contributed by atoms with Crippen LogP contribution in [-0.2, 0) is 9.59 Å². The Morgan fingerprint density at radius 3 is 2.39 bits per heavy atom. The molecule has 0 unspecified atom stereocenters. The minimum absolute atomic E-state index is 0.263. The molecule has 23 heavy (non-hydrogen) atoms. The second kappa shape index (κ2) is 7.62. The fourth-order valence-corrected chi connectivity index (χ4v) is 2.42. The average Bonchev–Trinajstić information content (AvgIpc) is 2.46. The van der Waals surface area contributed by atoms with E-state index in [9.17, 15) is 9.59 Å². The molecule has 0 radical (unpaired) electrons. The van der Waals surface area contributed by atoms with Crippen LogP contribution in [0, 0.1) is 13.8 Å². The number of carbonyl (C=O) groups excluding carboxylic acids is 2. The first-order chi connectivity index (χ1) is 10.8. The standard InChI is InChI=1S/C17H16BrClN2O2/c1-10-3-4-12(19)8-15(10)21-17(23)9-16(22)20-13-5-6-14(18)11(2)7-13/h3-8H,9H2,1-2H3,(H,20,22)(H,21,23). The number of carbonyl (C=O) groups is 2. The highest BCUT2D eigenvalue weighted by molar-refractivity contribution is 9.10. The monoisotopic (exact) mass is 394 g/mol. The molecule has 0 fully saturated rings. The predicted octanol–water partition coefficient (Wildman–Crippen LogP) is 4.69. The maximum atomic E-state index is 12.0. The molecule has 2 rings (SSSR count). The molecule has 0 saturated carbocycles. The van der Waals surface area contributed by atoms with E-state index in [-0.39, 0.29) is 18.2 Å². The van der Waals surface area contributed by atoms with Gasteiger partial charge in [-0.3, -0.25) is 9.59 Å². The molecule has 0 aliphatic carbocycles. The van der Waals surface area contributed by atoms with Crippen LogP contribution in [-0.4, -0.2) is 11.8 Å². The second-order valence-corrected chi connectivity index (χ2v) is 6.49. The van der Waals surface area contributed by atoms with Gasteiger partial charge in [-0.05, 0) is 55.3 Å². The molecular weight excluding hydrogens is 380 g/mol.